The molecule has 164 valence electrons. The van der Waals surface area contributed by atoms with Crippen molar-refractivity contribution >= 4 is 32.6 Å². The predicted molar refractivity (Wildman–Crippen MR) is 125 cm³/mol. The number of pyridine rings is 1. The maximum Gasteiger partial charge on any atom is 0.267 e. The summed E-state index contributed by atoms with van der Waals surface area (Å²) in [5.41, 5.74) is 1.64. The van der Waals surface area contributed by atoms with E-state index in [0.29, 0.717) is 35.5 Å². The van der Waals surface area contributed by atoms with Crippen LogP contribution in [0.3, 0.4) is 0 Å². The molecule has 0 bridgehead atoms. The predicted octanol–water partition coefficient (Wildman–Crippen LogP) is 4.71. The second kappa shape index (κ2) is 10.1. The SMILES string of the molecule is CCOc1cccc2sc(N(Cc3cccnc3)C(=O)COc3cccc(OC)c3)nc12. The van der Waals surface area contributed by atoms with Gasteiger partial charge in [0, 0.05) is 18.5 Å². The Hall–Kier alpha value is -3.65. The van der Waals surface area contributed by atoms with E-state index < -0.39 is 0 Å². The smallest absolute Gasteiger partial charge is 0.267 e. The van der Waals surface area contributed by atoms with Crippen LogP contribution in [0.15, 0.2) is 67.0 Å². The Morgan fingerprint density at radius 1 is 1.06 bits per heavy atom. The fraction of sp³-hybridized carbons (Fsp3) is 0.208. The van der Waals surface area contributed by atoms with Crippen LogP contribution in [-0.2, 0) is 11.3 Å². The Kier molecular flexibility index (Phi) is 6.81. The van der Waals surface area contributed by atoms with Gasteiger partial charge < -0.3 is 14.2 Å². The molecule has 0 atom stereocenters. The van der Waals surface area contributed by atoms with Gasteiger partial charge in [0.1, 0.15) is 22.8 Å². The molecule has 0 spiro atoms. The number of thiazole rings is 1. The van der Waals surface area contributed by atoms with E-state index in [4.69, 9.17) is 19.2 Å². The number of hydrogen-bond acceptors (Lipinski definition) is 7. The summed E-state index contributed by atoms with van der Waals surface area (Å²) in [6.07, 6.45) is 3.44. The molecule has 0 aliphatic rings. The van der Waals surface area contributed by atoms with Crippen molar-refractivity contribution in [1.82, 2.24) is 9.97 Å². The zero-order valence-electron chi connectivity index (χ0n) is 17.9. The highest BCUT2D eigenvalue weighted by Crippen LogP contribution is 2.35. The summed E-state index contributed by atoms with van der Waals surface area (Å²) in [5.74, 6) is 1.71. The third kappa shape index (κ3) is 4.97. The number of carbonyl (C=O) groups excluding carboxylic acids is 1. The van der Waals surface area contributed by atoms with Crippen molar-refractivity contribution in [2.75, 3.05) is 25.2 Å². The summed E-state index contributed by atoms with van der Waals surface area (Å²) >= 11 is 1.44. The quantitative estimate of drug-likeness (QED) is 0.368. The molecule has 2 aromatic heterocycles. The molecule has 0 fully saturated rings. The molecule has 7 nitrogen and oxygen atoms in total. The number of amides is 1. The largest absolute Gasteiger partial charge is 0.497 e. The summed E-state index contributed by atoms with van der Waals surface area (Å²) in [5, 5.41) is 0.579. The number of hydrogen-bond donors (Lipinski definition) is 0. The van der Waals surface area contributed by atoms with Crippen molar-refractivity contribution < 1.29 is 19.0 Å². The zero-order chi connectivity index (χ0) is 22.3. The number of benzene rings is 2. The lowest BCUT2D eigenvalue weighted by Gasteiger charge is -2.20. The second-order valence-corrected chi connectivity index (χ2v) is 7.85. The van der Waals surface area contributed by atoms with Gasteiger partial charge in [0.2, 0.25) is 0 Å². The molecule has 0 N–H and O–H groups in total. The van der Waals surface area contributed by atoms with E-state index in [1.165, 1.54) is 11.3 Å². The molecular weight excluding hydrogens is 426 g/mol. The van der Waals surface area contributed by atoms with E-state index in [9.17, 15) is 4.79 Å². The summed E-state index contributed by atoms with van der Waals surface area (Å²) in [6.45, 7) is 2.67. The van der Waals surface area contributed by atoms with Gasteiger partial charge in [0.15, 0.2) is 11.7 Å². The molecular formula is C24H23N3O4S. The number of anilines is 1. The lowest BCUT2D eigenvalue weighted by Crippen LogP contribution is -2.34. The van der Waals surface area contributed by atoms with Crippen molar-refractivity contribution in [2.45, 2.75) is 13.5 Å². The van der Waals surface area contributed by atoms with Crippen LogP contribution < -0.4 is 19.1 Å². The van der Waals surface area contributed by atoms with Crippen LogP contribution in [0.2, 0.25) is 0 Å². The van der Waals surface area contributed by atoms with Gasteiger partial charge in [0.05, 0.1) is 25.0 Å². The van der Waals surface area contributed by atoms with E-state index in [1.807, 2.05) is 49.4 Å². The maximum atomic E-state index is 13.2. The highest BCUT2D eigenvalue weighted by molar-refractivity contribution is 7.22. The van der Waals surface area contributed by atoms with Crippen molar-refractivity contribution in [3.05, 3.63) is 72.6 Å². The van der Waals surface area contributed by atoms with Gasteiger partial charge in [-0.3, -0.25) is 14.7 Å². The monoisotopic (exact) mass is 449 g/mol. The molecule has 0 radical (unpaired) electrons. The van der Waals surface area contributed by atoms with Crippen molar-refractivity contribution in [2.24, 2.45) is 0 Å². The Bertz CT molecular complexity index is 1200. The Balaban J connectivity index is 1.61. The number of carbonyl (C=O) groups is 1. The summed E-state index contributed by atoms with van der Waals surface area (Å²) in [6, 6.07) is 16.7. The number of aromatic nitrogens is 2. The summed E-state index contributed by atoms with van der Waals surface area (Å²) in [7, 11) is 1.59. The van der Waals surface area contributed by atoms with Crippen LogP contribution in [0.1, 0.15) is 12.5 Å². The average Bonchev–Trinajstić information content (AvgIpc) is 3.27. The molecule has 8 heteroatoms. The van der Waals surface area contributed by atoms with Crippen LogP contribution in [0.4, 0.5) is 5.13 Å². The highest BCUT2D eigenvalue weighted by Gasteiger charge is 2.22. The van der Waals surface area contributed by atoms with Gasteiger partial charge in [0.25, 0.3) is 5.91 Å². The van der Waals surface area contributed by atoms with E-state index >= 15 is 0 Å². The lowest BCUT2D eigenvalue weighted by atomic mass is 10.2. The number of rotatable bonds is 9. The van der Waals surface area contributed by atoms with Crippen LogP contribution >= 0.6 is 11.3 Å². The maximum absolute atomic E-state index is 13.2. The summed E-state index contributed by atoms with van der Waals surface area (Å²) < 4.78 is 17.6. The average molecular weight is 450 g/mol. The number of methoxy groups -OCH3 is 1. The standard InChI is InChI=1S/C24H23N3O4S/c1-3-30-20-10-5-11-21-23(20)26-24(32-21)27(15-17-7-6-12-25-14-17)22(28)16-31-19-9-4-8-18(13-19)29-2/h4-14H,3,15-16H2,1-2H3. The van der Waals surface area contributed by atoms with E-state index in [-0.39, 0.29) is 12.5 Å². The van der Waals surface area contributed by atoms with Gasteiger partial charge in [-0.2, -0.15) is 0 Å². The zero-order valence-corrected chi connectivity index (χ0v) is 18.7. The van der Waals surface area contributed by atoms with Gasteiger partial charge in [-0.15, -0.1) is 0 Å². The molecule has 2 aromatic carbocycles. The first-order chi connectivity index (χ1) is 15.7. The fourth-order valence-electron chi connectivity index (χ4n) is 3.15. The molecule has 0 saturated carbocycles. The minimum absolute atomic E-state index is 0.137. The Morgan fingerprint density at radius 3 is 2.69 bits per heavy atom. The lowest BCUT2D eigenvalue weighted by molar-refractivity contribution is -0.120. The molecule has 4 rings (SSSR count). The second-order valence-electron chi connectivity index (χ2n) is 6.84. The van der Waals surface area contributed by atoms with Crippen LogP contribution in [0, 0.1) is 0 Å². The summed E-state index contributed by atoms with van der Waals surface area (Å²) in [4.78, 5) is 23.8. The first-order valence-corrected chi connectivity index (χ1v) is 11.0. The third-order valence-corrected chi connectivity index (χ3v) is 5.71. The van der Waals surface area contributed by atoms with Crippen molar-refractivity contribution in [3.63, 3.8) is 0 Å². The van der Waals surface area contributed by atoms with Gasteiger partial charge in [-0.1, -0.05) is 29.5 Å². The van der Waals surface area contributed by atoms with E-state index in [2.05, 4.69) is 4.98 Å². The molecule has 0 unspecified atom stereocenters. The first kappa shape index (κ1) is 21.6. The Morgan fingerprint density at radius 2 is 1.91 bits per heavy atom. The molecule has 0 saturated heterocycles. The molecule has 0 aliphatic heterocycles. The first-order valence-electron chi connectivity index (χ1n) is 10.2. The normalized spacial score (nSPS) is 10.7. The van der Waals surface area contributed by atoms with E-state index in [0.717, 1.165) is 15.8 Å². The fourth-order valence-corrected chi connectivity index (χ4v) is 4.15. The van der Waals surface area contributed by atoms with Gasteiger partial charge in [-0.25, -0.2) is 4.98 Å². The minimum atomic E-state index is -0.214. The van der Waals surface area contributed by atoms with Crippen molar-refractivity contribution in [3.8, 4) is 17.2 Å². The van der Waals surface area contributed by atoms with Crippen LogP contribution in [0.25, 0.3) is 10.2 Å². The topological polar surface area (TPSA) is 73.8 Å². The molecule has 4 aromatic rings. The van der Waals surface area contributed by atoms with Crippen LogP contribution in [0.5, 0.6) is 17.2 Å². The third-order valence-electron chi connectivity index (χ3n) is 4.67. The van der Waals surface area contributed by atoms with Gasteiger partial charge in [-0.05, 0) is 42.8 Å². The minimum Gasteiger partial charge on any atom is -0.497 e. The van der Waals surface area contributed by atoms with Gasteiger partial charge >= 0.3 is 0 Å². The number of ether oxygens (including phenoxy) is 3. The Labute approximate surface area is 190 Å². The molecule has 32 heavy (non-hydrogen) atoms. The highest BCUT2D eigenvalue weighted by atomic mass is 32.1. The van der Waals surface area contributed by atoms with E-state index in [1.54, 1.807) is 36.5 Å². The molecule has 1 amide bonds. The number of para-hydroxylation sites is 1. The molecule has 0 aliphatic carbocycles. The van der Waals surface area contributed by atoms with Crippen LogP contribution in [-0.4, -0.2) is 36.2 Å². The molecule has 2 heterocycles. The number of nitrogens with zero attached hydrogens (tertiary/aromatic N) is 3. The van der Waals surface area contributed by atoms with Crippen molar-refractivity contribution in [1.29, 1.82) is 0 Å². The number of fused-ring (bicyclic) bond motifs is 1.